The molecular weight excluding hydrogens is 362 g/mol. The number of nitrogens with one attached hydrogen (secondary N) is 1. The largest absolute Gasteiger partial charge is 0.414 e. The van der Waals surface area contributed by atoms with Crippen molar-refractivity contribution in [2.24, 2.45) is 10.7 Å². The van der Waals surface area contributed by atoms with Crippen LogP contribution < -0.4 is 5.73 Å². The fraction of sp³-hybridized carbons (Fsp3) is 0.263. The number of rotatable bonds is 7. The molecule has 1 atom stereocenters. The Morgan fingerprint density at radius 3 is 2.44 bits per heavy atom. The number of ether oxygens (including phenoxy) is 1. The van der Waals surface area contributed by atoms with Crippen LogP contribution in [0, 0.1) is 11.2 Å². The quantitative estimate of drug-likeness (QED) is 0.413. The van der Waals surface area contributed by atoms with Crippen molar-refractivity contribution in [1.29, 1.82) is 5.41 Å². The molecule has 0 saturated heterocycles. The first kappa shape index (κ1) is 20.6. The van der Waals surface area contributed by atoms with Crippen molar-refractivity contribution in [2.75, 3.05) is 0 Å². The van der Waals surface area contributed by atoms with Crippen molar-refractivity contribution in [1.82, 2.24) is 0 Å². The molecule has 27 heavy (non-hydrogen) atoms. The van der Waals surface area contributed by atoms with Gasteiger partial charge in [-0.3, -0.25) is 10.4 Å². The molecule has 0 bridgehead atoms. The van der Waals surface area contributed by atoms with Gasteiger partial charge in [-0.05, 0) is 48.4 Å². The van der Waals surface area contributed by atoms with Crippen LogP contribution in [0.5, 0.6) is 0 Å². The molecule has 0 fully saturated rings. The lowest BCUT2D eigenvalue weighted by Crippen LogP contribution is -2.28. The molecule has 8 heteroatoms. The van der Waals surface area contributed by atoms with E-state index >= 15 is 0 Å². The average Bonchev–Trinajstić information content (AvgIpc) is 2.60. The van der Waals surface area contributed by atoms with Gasteiger partial charge < -0.3 is 10.5 Å². The Kier molecular flexibility index (Phi) is 6.68. The molecule has 0 unspecified atom stereocenters. The van der Waals surface area contributed by atoms with Gasteiger partial charge >= 0.3 is 6.18 Å². The Morgan fingerprint density at radius 2 is 1.85 bits per heavy atom. The lowest BCUT2D eigenvalue weighted by atomic mass is 10.0. The number of benzene rings is 2. The molecule has 4 nitrogen and oxygen atoms in total. The number of amidine groups is 1. The molecule has 2 aromatic carbocycles. The molecule has 0 aromatic heterocycles. The smallest absolute Gasteiger partial charge is 0.387 e. The molecule has 3 N–H and O–H groups in total. The summed E-state index contributed by atoms with van der Waals surface area (Å²) in [6.07, 6.45) is -6.27. The van der Waals surface area contributed by atoms with Crippen molar-refractivity contribution >= 4 is 17.2 Å². The van der Waals surface area contributed by atoms with Crippen molar-refractivity contribution < 1.29 is 22.3 Å². The van der Waals surface area contributed by atoms with E-state index in [9.17, 15) is 17.6 Å². The van der Waals surface area contributed by atoms with Gasteiger partial charge in [-0.2, -0.15) is 13.2 Å². The molecule has 0 spiro atoms. The first-order chi connectivity index (χ1) is 12.6. The second kappa shape index (κ2) is 8.77. The summed E-state index contributed by atoms with van der Waals surface area (Å²) < 4.78 is 55.6. The number of halogens is 4. The monoisotopic (exact) mass is 381 g/mol. The lowest BCUT2D eigenvalue weighted by molar-refractivity contribution is -0.217. The van der Waals surface area contributed by atoms with Gasteiger partial charge in [0, 0.05) is 6.42 Å². The molecule has 0 amide bonds. The van der Waals surface area contributed by atoms with Gasteiger partial charge in [0.2, 0.25) is 0 Å². The third kappa shape index (κ3) is 6.49. The van der Waals surface area contributed by atoms with Crippen LogP contribution in [0.3, 0.4) is 0 Å². The third-order valence-corrected chi connectivity index (χ3v) is 3.67. The van der Waals surface area contributed by atoms with Crippen LogP contribution in [0.1, 0.15) is 24.5 Å². The molecule has 2 rings (SSSR count). The van der Waals surface area contributed by atoms with Gasteiger partial charge in [-0.25, -0.2) is 4.39 Å². The minimum absolute atomic E-state index is 0.0423. The third-order valence-electron chi connectivity index (χ3n) is 3.67. The standard InChI is InChI=1S/C19H19F4N3O/c1-12(19(21,22)23)27-11-13-3-2-4-14(9-13)17(10-18(24)25)26-16-7-5-15(20)6-8-16/h2-9,12H,10-11H2,1H3,(H3,24,25)/t12-/m1/s1. The van der Waals surface area contributed by atoms with Crippen LogP contribution in [-0.4, -0.2) is 23.8 Å². The Labute approximate surface area is 154 Å². The molecular formula is C19H19F4N3O. The number of nitrogens with zero attached hydrogens (tertiary/aromatic N) is 1. The predicted octanol–water partition coefficient (Wildman–Crippen LogP) is 4.74. The van der Waals surface area contributed by atoms with Crippen LogP contribution >= 0.6 is 0 Å². The zero-order valence-corrected chi connectivity index (χ0v) is 14.6. The van der Waals surface area contributed by atoms with Crippen molar-refractivity contribution in [2.45, 2.75) is 32.2 Å². The maximum atomic E-state index is 13.0. The van der Waals surface area contributed by atoms with E-state index in [1.54, 1.807) is 24.3 Å². The summed E-state index contributed by atoms with van der Waals surface area (Å²) in [4.78, 5) is 4.39. The van der Waals surface area contributed by atoms with Gasteiger partial charge in [-0.15, -0.1) is 0 Å². The topological polar surface area (TPSA) is 71.5 Å². The summed E-state index contributed by atoms with van der Waals surface area (Å²) in [5.41, 5.74) is 7.52. The minimum Gasteiger partial charge on any atom is -0.387 e. The number of hydrogen-bond donors (Lipinski definition) is 2. The maximum absolute atomic E-state index is 13.0. The van der Waals surface area contributed by atoms with Crippen LogP contribution in [0.15, 0.2) is 53.5 Å². The molecule has 0 saturated carbocycles. The molecule has 0 aliphatic carbocycles. The van der Waals surface area contributed by atoms with E-state index in [0.29, 0.717) is 22.5 Å². The first-order valence-electron chi connectivity index (χ1n) is 8.09. The van der Waals surface area contributed by atoms with Gasteiger partial charge in [0.25, 0.3) is 0 Å². The van der Waals surface area contributed by atoms with E-state index in [4.69, 9.17) is 15.9 Å². The van der Waals surface area contributed by atoms with Crippen LogP contribution in [-0.2, 0) is 11.3 Å². The predicted molar refractivity (Wildman–Crippen MR) is 95.9 cm³/mol. The average molecular weight is 381 g/mol. The molecule has 0 heterocycles. The van der Waals surface area contributed by atoms with E-state index in [-0.39, 0.29) is 18.9 Å². The van der Waals surface area contributed by atoms with Crippen LogP contribution in [0.4, 0.5) is 23.2 Å². The molecule has 0 aliphatic heterocycles. The molecule has 0 aliphatic rings. The number of nitrogens with two attached hydrogens (primary N) is 1. The number of alkyl halides is 3. The lowest BCUT2D eigenvalue weighted by Gasteiger charge is -2.16. The van der Waals surface area contributed by atoms with Gasteiger partial charge in [0.15, 0.2) is 6.10 Å². The van der Waals surface area contributed by atoms with Crippen LogP contribution in [0.2, 0.25) is 0 Å². The molecule has 0 radical (unpaired) electrons. The van der Waals surface area contributed by atoms with Gasteiger partial charge in [0.1, 0.15) is 5.82 Å². The normalized spacial score (nSPS) is 13.4. The summed E-state index contributed by atoms with van der Waals surface area (Å²) >= 11 is 0. The summed E-state index contributed by atoms with van der Waals surface area (Å²) in [5.74, 6) is -0.525. The summed E-state index contributed by atoms with van der Waals surface area (Å²) in [7, 11) is 0. The highest BCUT2D eigenvalue weighted by Gasteiger charge is 2.36. The second-order valence-corrected chi connectivity index (χ2v) is 5.93. The Hall–Kier alpha value is -2.74. The van der Waals surface area contributed by atoms with Crippen LogP contribution in [0.25, 0.3) is 0 Å². The first-order valence-corrected chi connectivity index (χ1v) is 8.09. The van der Waals surface area contributed by atoms with Crippen molar-refractivity contribution in [3.63, 3.8) is 0 Å². The summed E-state index contributed by atoms with van der Waals surface area (Å²) in [6, 6.07) is 12.1. The van der Waals surface area contributed by atoms with Crippen molar-refractivity contribution in [3.05, 3.63) is 65.5 Å². The second-order valence-electron chi connectivity index (χ2n) is 5.93. The van der Waals surface area contributed by atoms with E-state index in [1.807, 2.05) is 0 Å². The highest BCUT2D eigenvalue weighted by Crippen LogP contribution is 2.24. The molecule has 144 valence electrons. The van der Waals surface area contributed by atoms with E-state index in [1.165, 1.54) is 24.3 Å². The Bertz CT molecular complexity index is 816. The SMILES string of the molecule is C[C@@H](OCc1cccc(C(CC(=N)N)=Nc2ccc(F)cc2)c1)C(F)(F)F. The molecule has 2 aromatic rings. The number of hydrogen-bond acceptors (Lipinski definition) is 3. The fourth-order valence-electron chi connectivity index (χ4n) is 2.21. The van der Waals surface area contributed by atoms with Crippen molar-refractivity contribution in [3.8, 4) is 0 Å². The maximum Gasteiger partial charge on any atom is 0.414 e. The van der Waals surface area contributed by atoms with E-state index in [0.717, 1.165) is 6.92 Å². The van der Waals surface area contributed by atoms with Gasteiger partial charge in [-0.1, -0.05) is 18.2 Å². The zero-order valence-electron chi connectivity index (χ0n) is 14.6. The highest BCUT2D eigenvalue weighted by molar-refractivity contribution is 6.11. The minimum atomic E-state index is -4.43. The Balaban J connectivity index is 2.25. The Morgan fingerprint density at radius 1 is 1.19 bits per heavy atom. The summed E-state index contributed by atoms with van der Waals surface area (Å²) in [6.45, 7) is 0.722. The fourth-order valence-corrected chi connectivity index (χ4v) is 2.21. The van der Waals surface area contributed by atoms with E-state index < -0.39 is 18.1 Å². The zero-order chi connectivity index (χ0) is 20.0. The summed E-state index contributed by atoms with van der Waals surface area (Å²) in [5, 5.41) is 7.52. The van der Waals surface area contributed by atoms with Gasteiger partial charge in [0.05, 0.1) is 23.8 Å². The highest BCUT2D eigenvalue weighted by atomic mass is 19.4. The van der Waals surface area contributed by atoms with E-state index in [2.05, 4.69) is 4.99 Å². The number of aliphatic imine (C=N–C) groups is 1.